The van der Waals surface area contributed by atoms with E-state index in [2.05, 4.69) is 63.7 Å². The van der Waals surface area contributed by atoms with E-state index < -0.39 is 0 Å². The largest absolute Gasteiger partial charge is 0.506 e. The molecule has 0 saturated heterocycles. The molecule has 106 valence electrons. The van der Waals surface area contributed by atoms with Crippen molar-refractivity contribution >= 4 is 63.7 Å². The lowest BCUT2D eigenvalue weighted by Gasteiger charge is -2.08. The molecule has 2 aromatic carbocycles. The van der Waals surface area contributed by atoms with Crippen molar-refractivity contribution < 1.29 is 10.2 Å². The van der Waals surface area contributed by atoms with Gasteiger partial charge in [-0.25, -0.2) is 0 Å². The Labute approximate surface area is 150 Å². The van der Waals surface area contributed by atoms with Gasteiger partial charge in [0.1, 0.15) is 11.5 Å². The predicted molar refractivity (Wildman–Crippen MR) is 94.4 cm³/mol. The fourth-order valence-corrected chi connectivity index (χ4v) is 4.38. The first-order valence-corrected chi connectivity index (χ1v) is 8.89. The van der Waals surface area contributed by atoms with E-state index in [-0.39, 0.29) is 11.5 Å². The lowest BCUT2D eigenvalue weighted by atomic mass is 10.0. The summed E-state index contributed by atoms with van der Waals surface area (Å²) in [5, 5.41) is 19.4. The highest BCUT2D eigenvalue weighted by molar-refractivity contribution is 9.11. The van der Waals surface area contributed by atoms with Crippen LogP contribution in [0.2, 0.25) is 0 Å². The van der Waals surface area contributed by atoms with Gasteiger partial charge in [-0.1, -0.05) is 0 Å². The zero-order chi connectivity index (χ0) is 14.9. The third-order valence-corrected chi connectivity index (χ3v) is 5.27. The van der Waals surface area contributed by atoms with Gasteiger partial charge in [0.25, 0.3) is 0 Å². The van der Waals surface area contributed by atoms with Crippen molar-refractivity contribution in [3.8, 4) is 11.5 Å². The lowest BCUT2D eigenvalue weighted by molar-refractivity contribution is 0.467. The molecule has 6 heteroatoms. The van der Waals surface area contributed by atoms with Crippen molar-refractivity contribution in [2.75, 3.05) is 0 Å². The normalized spacial score (nSPS) is 10.8. The van der Waals surface area contributed by atoms with Crippen LogP contribution < -0.4 is 0 Å². The Bertz CT molecular complexity index is 552. The van der Waals surface area contributed by atoms with Crippen molar-refractivity contribution in [1.82, 2.24) is 0 Å². The summed E-state index contributed by atoms with van der Waals surface area (Å²) in [6.07, 6.45) is 1.67. The molecule has 0 spiro atoms. The van der Waals surface area contributed by atoms with Crippen molar-refractivity contribution in [1.29, 1.82) is 0 Å². The Morgan fingerprint density at radius 1 is 0.600 bits per heavy atom. The van der Waals surface area contributed by atoms with E-state index in [0.29, 0.717) is 17.9 Å². The third-order valence-electron chi connectivity index (χ3n) is 2.86. The van der Waals surface area contributed by atoms with Gasteiger partial charge in [-0.15, -0.1) is 0 Å². The van der Waals surface area contributed by atoms with E-state index in [1.807, 2.05) is 24.3 Å². The minimum atomic E-state index is 0.212. The molecule has 0 unspecified atom stereocenters. The second-order valence-corrected chi connectivity index (χ2v) is 7.73. The SMILES string of the molecule is Oc1c(Br)cc(CCc2cc(Br)c(O)c(Br)c2)cc1Br. The molecule has 0 aromatic heterocycles. The highest BCUT2D eigenvalue weighted by Crippen LogP contribution is 2.35. The van der Waals surface area contributed by atoms with Gasteiger partial charge >= 0.3 is 0 Å². The number of phenols is 2. The average molecular weight is 530 g/mol. The predicted octanol–water partition coefficient (Wildman–Crippen LogP) is 5.93. The standard InChI is InChI=1S/C14H10Br4O2/c15-9-3-7(4-10(16)13(9)19)1-2-8-5-11(17)14(20)12(18)6-8/h3-6,19-20H,1-2H2. The molecule has 0 fully saturated rings. The maximum Gasteiger partial charge on any atom is 0.143 e. The molecule has 2 N–H and O–H groups in total. The van der Waals surface area contributed by atoms with Crippen LogP contribution in [-0.2, 0) is 12.8 Å². The quantitative estimate of drug-likeness (QED) is 0.517. The van der Waals surface area contributed by atoms with Crippen molar-refractivity contribution in [3.05, 3.63) is 53.3 Å². The van der Waals surface area contributed by atoms with Gasteiger partial charge < -0.3 is 10.2 Å². The van der Waals surface area contributed by atoms with Crippen molar-refractivity contribution in [3.63, 3.8) is 0 Å². The summed E-state index contributed by atoms with van der Waals surface area (Å²) in [4.78, 5) is 0. The molecule has 0 radical (unpaired) electrons. The van der Waals surface area contributed by atoms with Crippen LogP contribution >= 0.6 is 63.7 Å². The number of halogens is 4. The molecule has 0 atom stereocenters. The van der Waals surface area contributed by atoms with E-state index in [1.54, 1.807) is 0 Å². The molecule has 0 aliphatic heterocycles. The topological polar surface area (TPSA) is 40.5 Å². The highest BCUT2D eigenvalue weighted by Gasteiger charge is 2.08. The number of hydrogen-bond acceptors (Lipinski definition) is 2. The molecule has 0 heterocycles. The first-order chi connectivity index (χ1) is 9.38. The summed E-state index contributed by atoms with van der Waals surface area (Å²) in [6, 6.07) is 7.63. The number of aryl methyl sites for hydroxylation is 2. The van der Waals surface area contributed by atoms with Crippen LogP contribution in [0.1, 0.15) is 11.1 Å². The van der Waals surface area contributed by atoms with Crippen LogP contribution in [0.5, 0.6) is 11.5 Å². The number of benzene rings is 2. The summed E-state index contributed by atoms with van der Waals surface area (Å²) in [5.41, 5.74) is 2.23. The Morgan fingerprint density at radius 3 is 1.10 bits per heavy atom. The minimum absolute atomic E-state index is 0.212. The maximum atomic E-state index is 9.69. The van der Waals surface area contributed by atoms with Crippen LogP contribution in [0.25, 0.3) is 0 Å². The molecule has 2 aromatic rings. The zero-order valence-electron chi connectivity index (χ0n) is 10.1. The zero-order valence-corrected chi connectivity index (χ0v) is 16.5. The van der Waals surface area contributed by atoms with Crippen molar-refractivity contribution in [2.24, 2.45) is 0 Å². The average Bonchev–Trinajstić information content (AvgIpc) is 2.39. The Kier molecular flexibility index (Phi) is 5.56. The van der Waals surface area contributed by atoms with Crippen LogP contribution in [-0.4, -0.2) is 10.2 Å². The van der Waals surface area contributed by atoms with Crippen LogP contribution in [0.4, 0.5) is 0 Å². The number of phenolic OH excluding ortho intramolecular Hbond substituents is 2. The van der Waals surface area contributed by atoms with Crippen LogP contribution in [0.3, 0.4) is 0 Å². The van der Waals surface area contributed by atoms with E-state index in [0.717, 1.165) is 24.0 Å². The number of aromatic hydroxyl groups is 2. The second-order valence-electron chi connectivity index (χ2n) is 4.32. The number of rotatable bonds is 3. The van der Waals surface area contributed by atoms with Gasteiger partial charge in [0.05, 0.1) is 17.9 Å². The molecule has 20 heavy (non-hydrogen) atoms. The second kappa shape index (κ2) is 6.81. The summed E-state index contributed by atoms with van der Waals surface area (Å²) < 4.78 is 2.70. The molecule has 2 nitrogen and oxygen atoms in total. The molecule has 2 rings (SSSR count). The molecular formula is C14H10Br4O2. The lowest BCUT2D eigenvalue weighted by Crippen LogP contribution is -1.93. The van der Waals surface area contributed by atoms with Crippen molar-refractivity contribution in [2.45, 2.75) is 12.8 Å². The molecular weight excluding hydrogens is 520 g/mol. The van der Waals surface area contributed by atoms with Gasteiger partial charge in [0.2, 0.25) is 0 Å². The van der Waals surface area contributed by atoms with Gasteiger partial charge in [-0.3, -0.25) is 0 Å². The Balaban J connectivity index is 2.17. The van der Waals surface area contributed by atoms with E-state index in [1.165, 1.54) is 0 Å². The Hall–Kier alpha value is -0.0400. The maximum absolute atomic E-state index is 9.69. The third kappa shape index (κ3) is 3.78. The Morgan fingerprint density at radius 2 is 0.850 bits per heavy atom. The molecule has 0 aliphatic carbocycles. The van der Waals surface area contributed by atoms with Gasteiger partial charge in [-0.05, 0) is 112 Å². The first kappa shape index (κ1) is 16.3. The first-order valence-electron chi connectivity index (χ1n) is 5.72. The fourth-order valence-electron chi connectivity index (χ4n) is 1.81. The van der Waals surface area contributed by atoms with Crippen LogP contribution in [0, 0.1) is 0 Å². The number of hydrogen-bond donors (Lipinski definition) is 2. The minimum Gasteiger partial charge on any atom is -0.506 e. The van der Waals surface area contributed by atoms with Gasteiger partial charge in [0, 0.05) is 0 Å². The molecule has 0 aliphatic rings. The summed E-state index contributed by atoms with van der Waals surface area (Å²) in [5.74, 6) is 0.424. The van der Waals surface area contributed by atoms with E-state index in [9.17, 15) is 10.2 Å². The van der Waals surface area contributed by atoms with E-state index in [4.69, 9.17) is 0 Å². The van der Waals surface area contributed by atoms with Gasteiger partial charge in [0.15, 0.2) is 0 Å². The molecule has 0 bridgehead atoms. The summed E-state index contributed by atoms with van der Waals surface area (Å²) in [7, 11) is 0. The van der Waals surface area contributed by atoms with Crippen LogP contribution in [0.15, 0.2) is 42.2 Å². The fraction of sp³-hybridized carbons (Fsp3) is 0.143. The summed E-state index contributed by atoms with van der Waals surface area (Å²) in [6.45, 7) is 0. The van der Waals surface area contributed by atoms with E-state index >= 15 is 0 Å². The smallest absolute Gasteiger partial charge is 0.143 e. The highest BCUT2D eigenvalue weighted by atomic mass is 79.9. The van der Waals surface area contributed by atoms with Gasteiger partial charge in [-0.2, -0.15) is 0 Å². The molecule has 0 saturated carbocycles. The monoisotopic (exact) mass is 526 g/mol. The molecule has 0 amide bonds. The summed E-state index contributed by atoms with van der Waals surface area (Å²) >= 11 is 13.3.